The topological polar surface area (TPSA) is 67.0 Å². The van der Waals surface area contributed by atoms with Crippen molar-refractivity contribution in [3.05, 3.63) is 70.3 Å². The van der Waals surface area contributed by atoms with E-state index in [9.17, 15) is 4.79 Å². The van der Waals surface area contributed by atoms with Gasteiger partial charge in [-0.05, 0) is 42.8 Å². The van der Waals surface area contributed by atoms with Crippen molar-refractivity contribution in [1.29, 1.82) is 0 Å². The fourth-order valence-electron chi connectivity index (χ4n) is 2.46. The van der Waals surface area contributed by atoms with Gasteiger partial charge in [-0.3, -0.25) is 9.89 Å². The highest BCUT2D eigenvalue weighted by molar-refractivity contribution is 9.10. The summed E-state index contributed by atoms with van der Waals surface area (Å²) in [4.78, 5) is 12.4. The van der Waals surface area contributed by atoms with Gasteiger partial charge in [-0.15, -0.1) is 0 Å². The first-order chi connectivity index (χ1) is 12.1. The van der Waals surface area contributed by atoms with Crippen LogP contribution in [0.3, 0.4) is 0 Å². The van der Waals surface area contributed by atoms with Crippen LogP contribution < -0.4 is 10.1 Å². The normalized spacial score (nSPS) is 11.8. The summed E-state index contributed by atoms with van der Waals surface area (Å²) >= 11 is 3.40. The SMILES string of the molecule is COc1ccc([C@H](C)NC(=O)c2cc(-c3ccc(Br)cc3)n[nH]2)cc1. The number of hydrogen-bond acceptors (Lipinski definition) is 3. The lowest BCUT2D eigenvalue weighted by Crippen LogP contribution is -2.26. The summed E-state index contributed by atoms with van der Waals surface area (Å²) in [6.07, 6.45) is 0. The average molecular weight is 400 g/mol. The van der Waals surface area contributed by atoms with Gasteiger partial charge in [0.05, 0.1) is 18.8 Å². The summed E-state index contributed by atoms with van der Waals surface area (Å²) in [5, 5.41) is 9.99. The Morgan fingerprint density at radius 1 is 1.16 bits per heavy atom. The molecule has 0 aliphatic carbocycles. The van der Waals surface area contributed by atoms with Gasteiger partial charge in [-0.2, -0.15) is 5.10 Å². The van der Waals surface area contributed by atoms with E-state index in [4.69, 9.17) is 4.74 Å². The highest BCUT2D eigenvalue weighted by Gasteiger charge is 2.14. The number of amides is 1. The van der Waals surface area contributed by atoms with Crippen molar-refractivity contribution in [2.75, 3.05) is 7.11 Å². The van der Waals surface area contributed by atoms with Crippen LogP contribution in [0.2, 0.25) is 0 Å². The minimum atomic E-state index is -0.195. The molecule has 0 radical (unpaired) electrons. The maximum absolute atomic E-state index is 12.4. The lowest BCUT2D eigenvalue weighted by molar-refractivity contribution is 0.0935. The van der Waals surface area contributed by atoms with Gasteiger partial charge < -0.3 is 10.1 Å². The molecule has 0 fully saturated rings. The van der Waals surface area contributed by atoms with Crippen LogP contribution in [0.4, 0.5) is 0 Å². The van der Waals surface area contributed by atoms with Gasteiger partial charge in [-0.25, -0.2) is 0 Å². The molecule has 3 aromatic rings. The van der Waals surface area contributed by atoms with E-state index in [-0.39, 0.29) is 11.9 Å². The van der Waals surface area contributed by atoms with Crippen LogP contribution in [0.25, 0.3) is 11.3 Å². The number of aromatic amines is 1. The van der Waals surface area contributed by atoms with E-state index in [0.717, 1.165) is 27.0 Å². The van der Waals surface area contributed by atoms with Crippen molar-refractivity contribution in [3.63, 3.8) is 0 Å². The number of methoxy groups -OCH3 is 1. The molecule has 1 amide bonds. The van der Waals surface area contributed by atoms with E-state index >= 15 is 0 Å². The number of halogens is 1. The lowest BCUT2D eigenvalue weighted by atomic mass is 10.1. The summed E-state index contributed by atoms with van der Waals surface area (Å²) in [6.45, 7) is 1.94. The standard InChI is InChI=1S/C19H18BrN3O2/c1-12(13-5-9-16(25-2)10-6-13)21-19(24)18-11-17(22-23-18)14-3-7-15(20)8-4-14/h3-12H,1-2H3,(H,21,24)(H,22,23)/t12-/m0/s1. The quantitative estimate of drug-likeness (QED) is 0.670. The third-order valence-corrected chi connectivity index (χ3v) is 4.45. The zero-order chi connectivity index (χ0) is 17.8. The second-order valence-electron chi connectivity index (χ2n) is 5.64. The van der Waals surface area contributed by atoms with Gasteiger partial charge in [0.25, 0.3) is 5.91 Å². The summed E-state index contributed by atoms with van der Waals surface area (Å²) in [5.74, 6) is 0.592. The molecule has 0 bridgehead atoms. The number of carbonyl (C=O) groups is 1. The monoisotopic (exact) mass is 399 g/mol. The summed E-state index contributed by atoms with van der Waals surface area (Å²) in [7, 11) is 1.63. The fraction of sp³-hybridized carbons (Fsp3) is 0.158. The van der Waals surface area contributed by atoms with E-state index in [1.54, 1.807) is 13.2 Å². The van der Waals surface area contributed by atoms with E-state index in [2.05, 4.69) is 31.4 Å². The molecule has 0 unspecified atom stereocenters. The molecule has 6 heteroatoms. The Morgan fingerprint density at radius 2 is 1.84 bits per heavy atom. The highest BCUT2D eigenvalue weighted by Crippen LogP contribution is 2.21. The third-order valence-electron chi connectivity index (χ3n) is 3.93. The van der Waals surface area contributed by atoms with Crippen molar-refractivity contribution in [3.8, 4) is 17.0 Å². The number of rotatable bonds is 5. The maximum atomic E-state index is 12.4. The number of nitrogens with zero attached hydrogens (tertiary/aromatic N) is 1. The number of hydrogen-bond donors (Lipinski definition) is 2. The van der Waals surface area contributed by atoms with Gasteiger partial charge in [0.1, 0.15) is 11.4 Å². The van der Waals surface area contributed by atoms with Crippen LogP contribution in [0.5, 0.6) is 5.75 Å². The van der Waals surface area contributed by atoms with E-state index < -0.39 is 0 Å². The average Bonchev–Trinajstić information content (AvgIpc) is 3.12. The third kappa shape index (κ3) is 4.09. The molecule has 0 saturated carbocycles. The van der Waals surface area contributed by atoms with Gasteiger partial charge in [0.2, 0.25) is 0 Å². The minimum absolute atomic E-state index is 0.127. The zero-order valence-corrected chi connectivity index (χ0v) is 15.5. The highest BCUT2D eigenvalue weighted by atomic mass is 79.9. The molecule has 1 aromatic heterocycles. The summed E-state index contributed by atoms with van der Waals surface area (Å²) in [6, 6.07) is 17.0. The molecule has 0 spiro atoms. The van der Waals surface area contributed by atoms with E-state index in [1.165, 1.54) is 0 Å². The van der Waals surface area contributed by atoms with Crippen LogP contribution >= 0.6 is 15.9 Å². The first-order valence-electron chi connectivity index (χ1n) is 7.83. The number of benzene rings is 2. The second-order valence-corrected chi connectivity index (χ2v) is 6.56. The van der Waals surface area contributed by atoms with Crippen LogP contribution in [-0.4, -0.2) is 23.2 Å². The Kier molecular flexibility index (Phi) is 5.19. The van der Waals surface area contributed by atoms with Crippen LogP contribution in [0, 0.1) is 0 Å². The molecular weight excluding hydrogens is 382 g/mol. The summed E-state index contributed by atoms with van der Waals surface area (Å²) < 4.78 is 6.15. The molecule has 2 aromatic carbocycles. The lowest BCUT2D eigenvalue weighted by Gasteiger charge is -2.14. The number of H-pyrrole nitrogens is 1. The molecular formula is C19H18BrN3O2. The molecule has 0 aliphatic rings. The van der Waals surface area contributed by atoms with Gasteiger partial charge in [0, 0.05) is 10.0 Å². The minimum Gasteiger partial charge on any atom is -0.497 e. The first kappa shape index (κ1) is 17.2. The predicted octanol–water partition coefficient (Wildman–Crippen LogP) is 4.34. The van der Waals surface area contributed by atoms with Gasteiger partial charge in [0.15, 0.2) is 0 Å². The van der Waals surface area contributed by atoms with Crippen LogP contribution in [0.1, 0.15) is 29.0 Å². The van der Waals surface area contributed by atoms with Crippen molar-refractivity contribution in [2.24, 2.45) is 0 Å². The molecule has 1 atom stereocenters. The molecule has 128 valence electrons. The van der Waals surface area contributed by atoms with Gasteiger partial charge in [-0.1, -0.05) is 40.2 Å². The number of carbonyl (C=O) groups excluding carboxylic acids is 1. The largest absolute Gasteiger partial charge is 0.497 e. The predicted molar refractivity (Wildman–Crippen MR) is 101 cm³/mol. The van der Waals surface area contributed by atoms with Gasteiger partial charge >= 0.3 is 0 Å². The number of nitrogens with one attached hydrogen (secondary N) is 2. The molecule has 0 saturated heterocycles. The Bertz CT molecular complexity index is 857. The van der Waals surface area contributed by atoms with E-state index in [1.807, 2.05) is 55.5 Å². The number of aromatic nitrogens is 2. The fourth-order valence-corrected chi connectivity index (χ4v) is 2.72. The van der Waals surface area contributed by atoms with Crippen molar-refractivity contribution in [2.45, 2.75) is 13.0 Å². The Labute approximate surface area is 154 Å². The van der Waals surface area contributed by atoms with E-state index in [0.29, 0.717) is 5.69 Å². The van der Waals surface area contributed by atoms with Crippen molar-refractivity contribution < 1.29 is 9.53 Å². The smallest absolute Gasteiger partial charge is 0.269 e. The Balaban J connectivity index is 1.69. The molecule has 0 aliphatic heterocycles. The maximum Gasteiger partial charge on any atom is 0.269 e. The van der Waals surface area contributed by atoms with Crippen molar-refractivity contribution >= 4 is 21.8 Å². The zero-order valence-electron chi connectivity index (χ0n) is 13.9. The number of ether oxygens (including phenoxy) is 1. The Morgan fingerprint density at radius 3 is 2.48 bits per heavy atom. The Hall–Kier alpha value is -2.60. The first-order valence-corrected chi connectivity index (χ1v) is 8.62. The van der Waals surface area contributed by atoms with Crippen molar-refractivity contribution in [1.82, 2.24) is 15.5 Å². The summed E-state index contributed by atoms with van der Waals surface area (Å²) in [5.41, 5.74) is 3.11. The molecule has 1 heterocycles. The van der Waals surface area contributed by atoms with Crippen LogP contribution in [0.15, 0.2) is 59.1 Å². The molecule has 2 N–H and O–H groups in total. The van der Waals surface area contributed by atoms with Crippen LogP contribution in [-0.2, 0) is 0 Å². The second kappa shape index (κ2) is 7.53. The molecule has 3 rings (SSSR count). The molecule has 25 heavy (non-hydrogen) atoms. The molecule has 5 nitrogen and oxygen atoms in total.